The number of hydrogen-bond donors (Lipinski definition) is 0. The maximum atomic E-state index is 12.7. The minimum atomic E-state index is -0.200. The van der Waals surface area contributed by atoms with Crippen LogP contribution in [0.1, 0.15) is 23.4 Å². The van der Waals surface area contributed by atoms with Crippen LogP contribution in [0.15, 0.2) is 56.9 Å². The number of nitrogens with zero attached hydrogens (tertiary/aromatic N) is 5. The first kappa shape index (κ1) is 16.8. The highest BCUT2D eigenvalue weighted by molar-refractivity contribution is 9.10. The van der Waals surface area contributed by atoms with Crippen LogP contribution in [0.2, 0.25) is 0 Å². The number of hydrogen-bond acceptors (Lipinski definition) is 5. The Morgan fingerprint density at radius 3 is 2.92 bits per heavy atom. The first-order valence-electron chi connectivity index (χ1n) is 8.24. The van der Waals surface area contributed by atoms with E-state index in [1.54, 1.807) is 46.4 Å². The zero-order valence-electron chi connectivity index (χ0n) is 13.8. The van der Waals surface area contributed by atoms with Crippen LogP contribution in [0, 0.1) is 0 Å². The second-order valence-corrected chi connectivity index (χ2v) is 6.86. The number of imidazole rings is 1. The third kappa shape index (κ3) is 3.22. The molecule has 3 aromatic rings. The second-order valence-electron chi connectivity index (χ2n) is 6.08. The summed E-state index contributed by atoms with van der Waals surface area (Å²) in [6.45, 7) is 0.979. The topological polar surface area (TPSA) is 86.2 Å². The molecule has 0 aromatic carbocycles. The molecule has 8 nitrogen and oxygen atoms in total. The van der Waals surface area contributed by atoms with Crippen molar-refractivity contribution in [2.75, 3.05) is 6.54 Å². The van der Waals surface area contributed by atoms with Crippen molar-refractivity contribution < 1.29 is 9.21 Å². The zero-order valence-corrected chi connectivity index (χ0v) is 15.4. The van der Waals surface area contributed by atoms with Gasteiger partial charge in [-0.15, -0.1) is 0 Å². The predicted molar refractivity (Wildman–Crippen MR) is 96.1 cm³/mol. The van der Waals surface area contributed by atoms with Crippen molar-refractivity contribution in [2.24, 2.45) is 0 Å². The molecule has 1 saturated heterocycles. The summed E-state index contributed by atoms with van der Waals surface area (Å²) in [5.41, 5.74) is -0.200. The Balaban J connectivity index is 1.57. The van der Waals surface area contributed by atoms with E-state index in [9.17, 15) is 9.59 Å². The monoisotopic (exact) mass is 417 g/mol. The number of furan rings is 1. The summed E-state index contributed by atoms with van der Waals surface area (Å²) < 4.78 is 9.03. The lowest BCUT2D eigenvalue weighted by molar-refractivity contribution is 0.0686. The van der Waals surface area contributed by atoms with Crippen molar-refractivity contribution in [1.29, 1.82) is 0 Å². The molecule has 26 heavy (non-hydrogen) atoms. The third-order valence-corrected chi connectivity index (χ3v) is 4.85. The molecule has 0 bridgehead atoms. The fourth-order valence-electron chi connectivity index (χ4n) is 3.16. The standard InChI is InChI=1S/C17H16BrN5O3/c18-14-4-3-13(26-14)17(25)22-8-1-2-12(22)10-23-16(24)6-5-15(20-23)21-9-7-19-11-21/h3-7,9,11-12H,1-2,8,10H2. The van der Waals surface area contributed by atoms with Crippen LogP contribution in [0.3, 0.4) is 0 Å². The van der Waals surface area contributed by atoms with Crippen molar-refractivity contribution in [3.8, 4) is 5.82 Å². The van der Waals surface area contributed by atoms with E-state index in [1.807, 2.05) is 0 Å². The quantitative estimate of drug-likeness (QED) is 0.648. The molecular formula is C17H16BrN5O3. The van der Waals surface area contributed by atoms with Gasteiger partial charge in [-0.1, -0.05) is 0 Å². The minimum Gasteiger partial charge on any atom is -0.444 e. The lowest BCUT2D eigenvalue weighted by Gasteiger charge is -2.24. The molecule has 1 aliphatic heterocycles. The molecule has 3 aromatic heterocycles. The normalized spacial score (nSPS) is 17.0. The molecule has 0 radical (unpaired) electrons. The Morgan fingerprint density at radius 1 is 1.31 bits per heavy atom. The number of amides is 1. The Labute approximate surface area is 157 Å². The van der Waals surface area contributed by atoms with Gasteiger partial charge in [0, 0.05) is 25.0 Å². The molecule has 134 valence electrons. The van der Waals surface area contributed by atoms with Gasteiger partial charge in [0.1, 0.15) is 6.33 Å². The highest BCUT2D eigenvalue weighted by Gasteiger charge is 2.31. The molecule has 1 fully saturated rings. The summed E-state index contributed by atoms with van der Waals surface area (Å²) in [5.74, 6) is 0.723. The van der Waals surface area contributed by atoms with Crippen LogP contribution in [0.4, 0.5) is 0 Å². The smallest absolute Gasteiger partial charge is 0.289 e. The average molecular weight is 418 g/mol. The Kier molecular flexibility index (Phi) is 4.46. The van der Waals surface area contributed by atoms with Gasteiger partial charge in [0.05, 0.1) is 12.6 Å². The molecule has 0 aliphatic carbocycles. The number of aromatic nitrogens is 4. The minimum absolute atomic E-state index is 0.102. The first-order chi connectivity index (χ1) is 12.6. The van der Waals surface area contributed by atoms with E-state index in [4.69, 9.17) is 4.42 Å². The Morgan fingerprint density at radius 2 is 2.19 bits per heavy atom. The van der Waals surface area contributed by atoms with Crippen molar-refractivity contribution in [3.63, 3.8) is 0 Å². The van der Waals surface area contributed by atoms with Gasteiger partial charge in [-0.3, -0.25) is 14.2 Å². The van der Waals surface area contributed by atoms with Gasteiger partial charge in [0.25, 0.3) is 11.5 Å². The van der Waals surface area contributed by atoms with E-state index >= 15 is 0 Å². The number of carbonyl (C=O) groups is 1. The number of carbonyl (C=O) groups excluding carboxylic acids is 1. The molecular weight excluding hydrogens is 402 g/mol. The van der Waals surface area contributed by atoms with Gasteiger partial charge in [-0.25, -0.2) is 9.67 Å². The molecule has 0 spiro atoms. The largest absolute Gasteiger partial charge is 0.444 e. The summed E-state index contributed by atoms with van der Waals surface area (Å²) in [6, 6.07) is 6.37. The summed E-state index contributed by atoms with van der Waals surface area (Å²) in [7, 11) is 0. The molecule has 4 heterocycles. The molecule has 1 atom stereocenters. The number of halogens is 1. The van der Waals surface area contributed by atoms with Gasteiger partial charge in [0.15, 0.2) is 16.2 Å². The van der Waals surface area contributed by atoms with Crippen LogP contribution < -0.4 is 5.56 Å². The lowest BCUT2D eigenvalue weighted by atomic mass is 10.2. The molecule has 9 heteroatoms. The summed E-state index contributed by atoms with van der Waals surface area (Å²) in [6.07, 6.45) is 6.73. The van der Waals surface area contributed by atoms with Gasteiger partial charge in [0.2, 0.25) is 0 Å². The van der Waals surface area contributed by atoms with Crippen LogP contribution in [0.25, 0.3) is 5.82 Å². The predicted octanol–water partition coefficient (Wildman–Crippen LogP) is 2.09. The fourth-order valence-corrected chi connectivity index (χ4v) is 3.47. The molecule has 1 unspecified atom stereocenters. The van der Waals surface area contributed by atoms with Gasteiger partial charge in [-0.2, -0.15) is 5.10 Å². The molecule has 0 N–H and O–H groups in total. The zero-order chi connectivity index (χ0) is 18.1. The van der Waals surface area contributed by atoms with Gasteiger partial charge >= 0.3 is 0 Å². The highest BCUT2D eigenvalue weighted by atomic mass is 79.9. The maximum absolute atomic E-state index is 12.7. The van der Waals surface area contributed by atoms with Crippen molar-refractivity contribution in [2.45, 2.75) is 25.4 Å². The van der Waals surface area contributed by atoms with Crippen molar-refractivity contribution >= 4 is 21.8 Å². The van der Waals surface area contributed by atoms with Gasteiger partial charge in [-0.05, 0) is 47.0 Å². The van der Waals surface area contributed by atoms with E-state index < -0.39 is 0 Å². The Bertz CT molecular complexity index is 978. The lowest BCUT2D eigenvalue weighted by Crippen LogP contribution is -2.40. The number of rotatable bonds is 4. The molecule has 0 saturated carbocycles. The van der Waals surface area contributed by atoms with Crippen LogP contribution in [0.5, 0.6) is 0 Å². The summed E-state index contributed by atoms with van der Waals surface area (Å²) >= 11 is 3.21. The third-order valence-electron chi connectivity index (χ3n) is 4.43. The second kappa shape index (κ2) is 6.91. The summed E-state index contributed by atoms with van der Waals surface area (Å²) in [5, 5.41) is 4.41. The maximum Gasteiger partial charge on any atom is 0.289 e. The number of likely N-dealkylation sites (tertiary alicyclic amines) is 1. The van der Waals surface area contributed by atoms with Crippen molar-refractivity contribution in [3.05, 3.63) is 63.8 Å². The molecule has 1 aliphatic rings. The van der Waals surface area contributed by atoms with E-state index in [0.717, 1.165) is 12.8 Å². The van der Waals surface area contributed by atoms with E-state index in [-0.39, 0.29) is 23.3 Å². The Hall–Kier alpha value is -2.68. The average Bonchev–Trinajstić information content (AvgIpc) is 3.37. The van der Waals surface area contributed by atoms with Crippen LogP contribution in [-0.4, -0.2) is 42.7 Å². The van der Waals surface area contributed by atoms with Crippen molar-refractivity contribution in [1.82, 2.24) is 24.2 Å². The highest BCUT2D eigenvalue weighted by Crippen LogP contribution is 2.23. The molecule has 1 amide bonds. The van der Waals surface area contributed by atoms with Crippen LogP contribution >= 0.6 is 15.9 Å². The molecule has 4 rings (SSSR count). The fraction of sp³-hybridized carbons (Fsp3) is 0.294. The van der Waals surface area contributed by atoms with E-state index in [1.165, 1.54) is 10.7 Å². The van der Waals surface area contributed by atoms with E-state index in [2.05, 4.69) is 26.0 Å². The van der Waals surface area contributed by atoms with E-state index in [0.29, 0.717) is 23.6 Å². The van der Waals surface area contributed by atoms with Crippen LogP contribution in [-0.2, 0) is 6.54 Å². The van der Waals surface area contributed by atoms with Gasteiger partial charge < -0.3 is 9.32 Å². The SMILES string of the molecule is O=C(c1ccc(Br)o1)N1CCCC1Cn1nc(-n2ccnc2)ccc1=O. The first-order valence-corrected chi connectivity index (χ1v) is 9.04. The summed E-state index contributed by atoms with van der Waals surface area (Å²) in [4.78, 5) is 30.7.